The predicted octanol–water partition coefficient (Wildman–Crippen LogP) is 1.79. The number of hydrogen-bond donors (Lipinski definition) is 0. The fourth-order valence-electron chi connectivity index (χ4n) is 2.10. The molecule has 1 aromatic carbocycles. The molecule has 1 saturated heterocycles. The van der Waals surface area contributed by atoms with Crippen LogP contribution in [0.25, 0.3) is 6.08 Å². The molecule has 17 heavy (non-hydrogen) atoms. The molecule has 0 radical (unpaired) electrons. The Morgan fingerprint density at radius 1 is 1.41 bits per heavy atom. The molecule has 1 fully saturated rings. The standard InChI is InChI=1S/C13H12O4/c1-15-9-2-3-11-8(6-9)7-10-12(17-11)4-5-16-13(10)14/h2-3,6-7,12H,4-5H2,1H3. The zero-order valence-electron chi connectivity index (χ0n) is 9.43. The van der Waals surface area contributed by atoms with Crippen LogP contribution in [0.3, 0.4) is 0 Å². The molecule has 2 aliphatic rings. The number of carbonyl (C=O) groups excluding carboxylic acids is 1. The Balaban J connectivity index is 2.05. The molecule has 0 spiro atoms. The molecule has 1 unspecified atom stereocenters. The van der Waals surface area contributed by atoms with E-state index in [9.17, 15) is 4.79 Å². The van der Waals surface area contributed by atoms with E-state index in [0.717, 1.165) is 17.1 Å². The summed E-state index contributed by atoms with van der Waals surface area (Å²) < 4.78 is 15.9. The Bertz CT molecular complexity index is 504. The lowest BCUT2D eigenvalue weighted by molar-refractivity contribution is -0.143. The number of benzene rings is 1. The van der Waals surface area contributed by atoms with Crippen LogP contribution < -0.4 is 9.47 Å². The Hall–Kier alpha value is -1.97. The van der Waals surface area contributed by atoms with Crippen LogP contribution in [0.2, 0.25) is 0 Å². The Morgan fingerprint density at radius 3 is 3.12 bits per heavy atom. The maximum Gasteiger partial charge on any atom is 0.337 e. The lowest BCUT2D eigenvalue weighted by atomic mass is 9.98. The van der Waals surface area contributed by atoms with Gasteiger partial charge in [-0.05, 0) is 24.3 Å². The number of rotatable bonds is 1. The van der Waals surface area contributed by atoms with Crippen molar-refractivity contribution in [3.63, 3.8) is 0 Å². The molecule has 0 bridgehead atoms. The van der Waals surface area contributed by atoms with Crippen LogP contribution in [0.15, 0.2) is 23.8 Å². The third-order valence-electron chi connectivity index (χ3n) is 2.99. The first-order valence-electron chi connectivity index (χ1n) is 5.51. The molecule has 1 aromatic rings. The highest BCUT2D eigenvalue weighted by molar-refractivity contribution is 5.96. The highest BCUT2D eigenvalue weighted by Crippen LogP contribution is 2.35. The van der Waals surface area contributed by atoms with E-state index < -0.39 is 0 Å². The SMILES string of the molecule is COc1ccc2c(c1)C=C1C(=O)OCCC1O2. The van der Waals surface area contributed by atoms with Crippen molar-refractivity contribution in [3.8, 4) is 11.5 Å². The van der Waals surface area contributed by atoms with Gasteiger partial charge < -0.3 is 14.2 Å². The molecule has 0 N–H and O–H groups in total. The van der Waals surface area contributed by atoms with Crippen LogP contribution >= 0.6 is 0 Å². The van der Waals surface area contributed by atoms with E-state index in [4.69, 9.17) is 14.2 Å². The van der Waals surface area contributed by atoms with Gasteiger partial charge in [0.25, 0.3) is 0 Å². The quantitative estimate of drug-likeness (QED) is 0.692. The Labute approximate surface area is 98.8 Å². The van der Waals surface area contributed by atoms with Crippen molar-refractivity contribution in [2.75, 3.05) is 13.7 Å². The topological polar surface area (TPSA) is 44.8 Å². The van der Waals surface area contributed by atoms with Crippen molar-refractivity contribution in [1.29, 1.82) is 0 Å². The van der Waals surface area contributed by atoms with Crippen LogP contribution in [0.4, 0.5) is 0 Å². The highest BCUT2D eigenvalue weighted by Gasteiger charge is 2.32. The molecule has 0 aromatic heterocycles. The van der Waals surface area contributed by atoms with Crippen molar-refractivity contribution in [3.05, 3.63) is 29.3 Å². The highest BCUT2D eigenvalue weighted by atomic mass is 16.5. The number of esters is 1. The van der Waals surface area contributed by atoms with Gasteiger partial charge in [0.1, 0.15) is 17.6 Å². The van der Waals surface area contributed by atoms with Crippen molar-refractivity contribution in [1.82, 2.24) is 0 Å². The largest absolute Gasteiger partial charge is 0.497 e. The van der Waals surface area contributed by atoms with Crippen LogP contribution in [0, 0.1) is 0 Å². The zero-order valence-corrected chi connectivity index (χ0v) is 9.43. The smallest absolute Gasteiger partial charge is 0.337 e. The fraction of sp³-hybridized carbons (Fsp3) is 0.308. The predicted molar refractivity (Wildman–Crippen MR) is 61.0 cm³/mol. The third-order valence-corrected chi connectivity index (χ3v) is 2.99. The summed E-state index contributed by atoms with van der Waals surface area (Å²) in [5.41, 5.74) is 1.45. The second kappa shape index (κ2) is 3.80. The molecule has 1 atom stereocenters. The Morgan fingerprint density at radius 2 is 2.29 bits per heavy atom. The van der Waals surface area contributed by atoms with Gasteiger partial charge in [-0.3, -0.25) is 0 Å². The zero-order chi connectivity index (χ0) is 11.8. The monoisotopic (exact) mass is 232 g/mol. The van der Waals surface area contributed by atoms with Gasteiger partial charge in [0, 0.05) is 12.0 Å². The van der Waals surface area contributed by atoms with E-state index in [-0.39, 0.29) is 12.1 Å². The first-order valence-corrected chi connectivity index (χ1v) is 5.51. The third kappa shape index (κ3) is 1.65. The van der Waals surface area contributed by atoms with Gasteiger partial charge in [0.05, 0.1) is 19.3 Å². The number of hydrogen-bond acceptors (Lipinski definition) is 4. The average Bonchev–Trinajstić information content (AvgIpc) is 2.37. The van der Waals surface area contributed by atoms with E-state index in [1.165, 1.54) is 0 Å². The second-order valence-electron chi connectivity index (χ2n) is 4.03. The molecular formula is C13H12O4. The van der Waals surface area contributed by atoms with Crippen LogP contribution in [0.1, 0.15) is 12.0 Å². The van der Waals surface area contributed by atoms with Gasteiger partial charge in [-0.15, -0.1) is 0 Å². The Kier molecular flexibility index (Phi) is 2.28. The molecule has 0 saturated carbocycles. The normalized spacial score (nSPS) is 21.6. The average molecular weight is 232 g/mol. The summed E-state index contributed by atoms with van der Waals surface area (Å²) in [6.45, 7) is 0.423. The van der Waals surface area contributed by atoms with Crippen molar-refractivity contribution in [2.45, 2.75) is 12.5 Å². The van der Waals surface area contributed by atoms with Gasteiger partial charge in [-0.1, -0.05) is 0 Å². The number of methoxy groups -OCH3 is 1. The number of ether oxygens (including phenoxy) is 3. The summed E-state index contributed by atoms with van der Waals surface area (Å²) in [6, 6.07) is 5.56. The van der Waals surface area contributed by atoms with Gasteiger partial charge in [0.2, 0.25) is 0 Å². The van der Waals surface area contributed by atoms with E-state index >= 15 is 0 Å². The molecule has 3 rings (SSSR count). The van der Waals surface area contributed by atoms with Gasteiger partial charge in [-0.25, -0.2) is 4.79 Å². The summed E-state index contributed by atoms with van der Waals surface area (Å²) >= 11 is 0. The fourth-order valence-corrected chi connectivity index (χ4v) is 2.10. The lowest BCUT2D eigenvalue weighted by Crippen LogP contribution is -2.34. The summed E-state index contributed by atoms with van der Waals surface area (Å²) in [4.78, 5) is 11.6. The molecule has 88 valence electrons. The van der Waals surface area contributed by atoms with Crippen LogP contribution in [0.5, 0.6) is 11.5 Å². The minimum atomic E-state index is -0.283. The van der Waals surface area contributed by atoms with Crippen molar-refractivity contribution >= 4 is 12.0 Å². The van der Waals surface area contributed by atoms with Crippen molar-refractivity contribution < 1.29 is 19.0 Å². The van der Waals surface area contributed by atoms with Gasteiger partial charge in [0.15, 0.2) is 0 Å². The maximum absolute atomic E-state index is 11.6. The molecule has 2 aliphatic heterocycles. The van der Waals surface area contributed by atoms with Gasteiger partial charge in [-0.2, -0.15) is 0 Å². The molecule has 4 heteroatoms. The van der Waals surface area contributed by atoms with E-state index in [1.54, 1.807) is 7.11 Å². The molecular weight excluding hydrogens is 220 g/mol. The van der Waals surface area contributed by atoms with E-state index in [2.05, 4.69) is 0 Å². The summed E-state index contributed by atoms with van der Waals surface area (Å²) in [5, 5.41) is 0. The van der Waals surface area contributed by atoms with E-state index in [0.29, 0.717) is 18.6 Å². The van der Waals surface area contributed by atoms with Crippen LogP contribution in [-0.2, 0) is 9.53 Å². The number of cyclic esters (lactones) is 1. The summed E-state index contributed by atoms with van der Waals surface area (Å²) in [5.74, 6) is 1.25. The van der Waals surface area contributed by atoms with Gasteiger partial charge >= 0.3 is 5.97 Å². The summed E-state index contributed by atoms with van der Waals surface area (Å²) in [6.07, 6.45) is 2.37. The van der Waals surface area contributed by atoms with E-state index in [1.807, 2.05) is 24.3 Å². The minimum Gasteiger partial charge on any atom is -0.497 e. The molecule has 4 nitrogen and oxygen atoms in total. The molecule has 0 amide bonds. The van der Waals surface area contributed by atoms with Crippen molar-refractivity contribution in [2.24, 2.45) is 0 Å². The molecule has 0 aliphatic carbocycles. The first-order chi connectivity index (χ1) is 8.28. The minimum absolute atomic E-state index is 0.169. The number of carbonyl (C=O) groups is 1. The second-order valence-corrected chi connectivity index (χ2v) is 4.03. The maximum atomic E-state index is 11.6. The number of fused-ring (bicyclic) bond motifs is 2. The first kappa shape index (κ1) is 10.2. The lowest BCUT2D eigenvalue weighted by Gasteiger charge is -2.29. The van der Waals surface area contributed by atoms with Crippen LogP contribution in [-0.4, -0.2) is 25.8 Å². The molecule has 2 heterocycles. The summed E-state index contributed by atoms with van der Waals surface area (Å²) in [7, 11) is 1.61.